The van der Waals surface area contributed by atoms with E-state index in [2.05, 4.69) is 39.6 Å². The van der Waals surface area contributed by atoms with Crippen LogP contribution in [0.2, 0.25) is 0 Å². The molecule has 0 bridgehead atoms. The van der Waals surface area contributed by atoms with Gasteiger partial charge in [-0.05, 0) is 38.7 Å². The average molecular weight is 313 g/mol. The van der Waals surface area contributed by atoms with E-state index in [-0.39, 0.29) is 12.1 Å². The predicted octanol–water partition coefficient (Wildman–Crippen LogP) is 2.86. The first-order valence-corrected chi connectivity index (χ1v) is 8.12. The highest BCUT2D eigenvalue weighted by atomic mass is 16.2. The second-order valence-corrected chi connectivity index (χ2v) is 6.13. The van der Waals surface area contributed by atoms with Gasteiger partial charge in [0.1, 0.15) is 5.82 Å². The zero-order valence-electron chi connectivity index (χ0n) is 13.7. The lowest BCUT2D eigenvalue weighted by Crippen LogP contribution is -2.44. The van der Waals surface area contributed by atoms with Crippen LogP contribution in [0.3, 0.4) is 0 Å². The van der Waals surface area contributed by atoms with Crippen molar-refractivity contribution in [2.45, 2.75) is 45.7 Å². The number of likely N-dealkylation sites (tertiary alicyclic amines) is 1. The van der Waals surface area contributed by atoms with Crippen molar-refractivity contribution in [3.05, 3.63) is 47.0 Å². The number of aromatic amines is 1. The average Bonchev–Trinajstić information content (AvgIpc) is 3.00. The van der Waals surface area contributed by atoms with Gasteiger partial charge in [0.2, 0.25) is 0 Å². The molecule has 6 heteroatoms. The van der Waals surface area contributed by atoms with Crippen molar-refractivity contribution in [3.63, 3.8) is 0 Å². The van der Waals surface area contributed by atoms with Gasteiger partial charge in [0, 0.05) is 13.1 Å². The molecule has 1 saturated heterocycles. The van der Waals surface area contributed by atoms with E-state index in [0.29, 0.717) is 12.4 Å². The van der Waals surface area contributed by atoms with Crippen LogP contribution < -0.4 is 5.32 Å². The number of nitrogens with one attached hydrogen (secondary N) is 2. The Morgan fingerprint density at radius 1 is 1.30 bits per heavy atom. The summed E-state index contributed by atoms with van der Waals surface area (Å²) in [6, 6.07) is 8.12. The van der Waals surface area contributed by atoms with Gasteiger partial charge in [-0.1, -0.05) is 29.8 Å². The minimum absolute atomic E-state index is 0.0354. The quantitative estimate of drug-likeness (QED) is 0.915. The number of benzene rings is 1. The molecular weight excluding hydrogens is 290 g/mol. The Morgan fingerprint density at radius 3 is 2.78 bits per heavy atom. The van der Waals surface area contributed by atoms with E-state index < -0.39 is 0 Å². The molecule has 1 aliphatic heterocycles. The van der Waals surface area contributed by atoms with E-state index in [1.165, 1.54) is 5.56 Å². The fourth-order valence-corrected chi connectivity index (χ4v) is 2.94. The van der Waals surface area contributed by atoms with Crippen LogP contribution in [0.25, 0.3) is 0 Å². The SMILES string of the molecule is Cc1ccc(CNC(=O)N2CCCCC2c2n[nH]c(C)n2)cc1. The van der Waals surface area contributed by atoms with Crippen molar-refractivity contribution >= 4 is 6.03 Å². The van der Waals surface area contributed by atoms with Gasteiger partial charge in [0.25, 0.3) is 0 Å². The molecule has 1 aromatic carbocycles. The number of nitrogens with zero attached hydrogens (tertiary/aromatic N) is 3. The lowest BCUT2D eigenvalue weighted by molar-refractivity contribution is 0.147. The van der Waals surface area contributed by atoms with Crippen molar-refractivity contribution in [1.29, 1.82) is 0 Å². The molecule has 0 radical (unpaired) electrons. The summed E-state index contributed by atoms with van der Waals surface area (Å²) in [6.45, 7) is 5.22. The molecular formula is C17H23N5O. The van der Waals surface area contributed by atoms with E-state index in [1.54, 1.807) is 0 Å². The monoisotopic (exact) mass is 313 g/mol. The molecule has 2 amide bonds. The number of H-pyrrole nitrogens is 1. The highest BCUT2D eigenvalue weighted by molar-refractivity contribution is 5.74. The zero-order valence-corrected chi connectivity index (χ0v) is 13.7. The largest absolute Gasteiger partial charge is 0.334 e. The van der Waals surface area contributed by atoms with Gasteiger partial charge >= 0.3 is 6.03 Å². The topological polar surface area (TPSA) is 73.9 Å². The Balaban J connectivity index is 1.65. The molecule has 0 saturated carbocycles. The van der Waals surface area contributed by atoms with Gasteiger partial charge in [-0.15, -0.1) is 0 Å². The maximum absolute atomic E-state index is 12.6. The lowest BCUT2D eigenvalue weighted by atomic mass is 10.0. The Labute approximate surface area is 136 Å². The van der Waals surface area contributed by atoms with Gasteiger partial charge in [0.05, 0.1) is 6.04 Å². The third kappa shape index (κ3) is 3.70. The first-order chi connectivity index (χ1) is 11.1. The van der Waals surface area contributed by atoms with Gasteiger partial charge in [0.15, 0.2) is 5.82 Å². The van der Waals surface area contributed by atoms with Crippen molar-refractivity contribution in [1.82, 2.24) is 25.4 Å². The number of aromatic nitrogens is 3. The first-order valence-electron chi connectivity index (χ1n) is 8.12. The summed E-state index contributed by atoms with van der Waals surface area (Å²) in [5.74, 6) is 1.50. The Hall–Kier alpha value is -2.37. The minimum Gasteiger partial charge on any atom is -0.334 e. The fourth-order valence-electron chi connectivity index (χ4n) is 2.94. The van der Waals surface area contributed by atoms with E-state index in [4.69, 9.17) is 0 Å². The van der Waals surface area contributed by atoms with Crippen molar-refractivity contribution < 1.29 is 4.79 Å². The summed E-state index contributed by atoms with van der Waals surface area (Å²) < 4.78 is 0. The van der Waals surface area contributed by atoms with Crippen molar-refractivity contribution in [3.8, 4) is 0 Å². The Bertz CT molecular complexity index is 664. The van der Waals surface area contributed by atoms with E-state index in [0.717, 1.165) is 37.2 Å². The van der Waals surface area contributed by atoms with Crippen molar-refractivity contribution in [2.24, 2.45) is 0 Å². The number of amides is 2. The number of piperidine rings is 1. The van der Waals surface area contributed by atoms with Crippen LogP contribution in [0.5, 0.6) is 0 Å². The second kappa shape index (κ2) is 6.81. The molecule has 1 aliphatic rings. The highest BCUT2D eigenvalue weighted by Crippen LogP contribution is 2.28. The minimum atomic E-state index is -0.0438. The highest BCUT2D eigenvalue weighted by Gasteiger charge is 2.30. The van der Waals surface area contributed by atoms with Crippen LogP contribution in [0.1, 0.15) is 48.1 Å². The molecule has 122 valence electrons. The summed E-state index contributed by atoms with van der Waals surface area (Å²) >= 11 is 0. The molecule has 2 N–H and O–H groups in total. The van der Waals surface area contributed by atoms with E-state index in [9.17, 15) is 4.79 Å². The van der Waals surface area contributed by atoms with Gasteiger partial charge in [-0.3, -0.25) is 5.10 Å². The maximum Gasteiger partial charge on any atom is 0.318 e. The number of carbonyl (C=O) groups excluding carboxylic acids is 1. The summed E-state index contributed by atoms with van der Waals surface area (Å²) in [5, 5.41) is 10.1. The van der Waals surface area contributed by atoms with Crippen LogP contribution >= 0.6 is 0 Å². The fraction of sp³-hybridized carbons (Fsp3) is 0.471. The number of rotatable bonds is 3. The van der Waals surface area contributed by atoms with Crippen molar-refractivity contribution in [2.75, 3.05) is 6.54 Å². The van der Waals surface area contributed by atoms with Crippen LogP contribution in [-0.4, -0.2) is 32.7 Å². The summed E-state index contributed by atoms with van der Waals surface area (Å²) in [6.07, 6.45) is 3.03. The zero-order chi connectivity index (χ0) is 16.2. The third-order valence-corrected chi connectivity index (χ3v) is 4.24. The molecule has 2 heterocycles. The molecule has 0 spiro atoms. The van der Waals surface area contributed by atoms with Crippen LogP contribution in [0, 0.1) is 13.8 Å². The number of urea groups is 1. The third-order valence-electron chi connectivity index (χ3n) is 4.24. The molecule has 0 aliphatic carbocycles. The smallest absolute Gasteiger partial charge is 0.318 e. The number of aryl methyl sites for hydroxylation is 2. The molecule has 1 fully saturated rings. The van der Waals surface area contributed by atoms with E-state index >= 15 is 0 Å². The molecule has 1 aromatic heterocycles. The van der Waals surface area contributed by atoms with Gasteiger partial charge in [-0.25, -0.2) is 9.78 Å². The molecule has 1 atom stereocenters. The van der Waals surface area contributed by atoms with Crippen LogP contribution in [0.4, 0.5) is 4.79 Å². The Morgan fingerprint density at radius 2 is 2.09 bits per heavy atom. The van der Waals surface area contributed by atoms with Crippen LogP contribution in [0.15, 0.2) is 24.3 Å². The summed E-state index contributed by atoms with van der Waals surface area (Å²) in [5.41, 5.74) is 2.32. The second-order valence-electron chi connectivity index (χ2n) is 6.13. The van der Waals surface area contributed by atoms with Gasteiger partial charge in [-0.2, -0.15) is 5.10 Å². The molecule has 3 rings (SSSR count). The summed E-state index contributed by atoms with van der Waals surface area (Å²) in [7, 11) is 0. The predicted molar refractivity (Wildman–Crippen MR) is 87.8 cm³/mol. The molecule has 23 heavy (non-hydrogen) atoms. The number of carbonyl (C=O) groups is 1. The summed E-state index contributed by atoms with van der Waals surface area (Å²) in [4.78, 5) is 18.8. The molecule has 1 unspecified atom stereocenters. The van der Waals surface area contributed by atoms with E-state index in [1.807, 2.05) is 24.0 Å². The molecule has 2 aromatic rings. The lowest BCUT2D eigenvalue weighted by Gasteiger charge is -2.34. The first kappa shape index (κ1) is 15.5. The van der Waals surface area contributed by atoms with Gasteiger partial charge < -0.3 is 10.2 Å². The maximum atomic E-state index is 12.6. The Kier molecular flexibility index (Phi) is 4.60. The standard InChI is InChI=1S/C17H23N5O/c1-12-6-8-14(9-7-12)11-18-17(23)22-10-4-3-5-15(22)16-19-13(2)20-21-16/h6-9,15H,3-5,10-11H2,1-2H3,(H,18,23)(H,19,20,21). The normalized spacial score (nSPS) is 18.0. The van der Waals surface area contributed by atoms with Crippen LogP contribution in [-0.2, 0) is 6.54 Å². The number of hydrogen-bond acceptors (Lipinski definition) is 3. The number of hydrogen-bond donors (Lipinski definition) is 2. The molecule has 6 nitrogen and oxygen atoms in total.